The Labute approximate surface area is 182 Å². The number of benzene rings is 1. The van der Waals surface area contributed by atoms with Crippen LogP contribution in [0.1, 0.15) is 19.8 Å². The zero-order chi connectivity index (χ0) is 19.2. The zero-order valence-electron chi connectivity index (χ0n) is 16.2. The Morgan fingerprint density at radius 3 is 2.39 bits per heavy atom. The first kappa shape index (κ1) is 22.6. The number of hydrogen-bond acceptors (Lipinski definition) is 3. The minimum Gasteiger partial charge on any atom is -0.366 e. The maximum atomic E-state index is 14.0. The summed E-state index contributed by atoms with van der Waals surface area (Å²) >= 11 is 0. The molecule has 28 heavy (non-hydrogen) atoms. The number of aliphatic imine (C=N–C) groups is 1. The van der Waals surface area contributed by atoms with Gasteiger partial charge in [0.2, 0.25) is 5.91 Å². The molecular formula is C19H28F2IN5O. The molecule has 2 aliphatic heterocycles. The van der Waals surface area contributed by atoms with Gasteiger partial charge in [0, 0.05) is 51.9 Å². The lowest BCUT2D eigenvalue weighted by Crippen LogP contribution is -2.53. The van der Waals surface area contributed by atoms with Gasteiger partial charge < -0.3 is 20.0 Å². The molecule has 0 saturated carbocycles. The van der Waals surface area contributed by atoms with Gasteiger partial charge in [-0.05, 0) is 31.9 Å². The number of piperazine rings is 1. The van der Waals surface area contributed by atoms with Crippen molar-refractivity contribution in [1.82, 2.24) is 15.1 Å². The first-order valence-corrected chi connectivity index (χ1v) is 9.59. The molecule has 2 saturated heterocycles. The Bertz CT molecular complexity index is 689. The van der Waals surface area contributed by atoms with Crippen molar-refractivity contribution < 1.29 is 13.6 Å². The normalized spacial score (nSPS) is 17.5. The van der Waals surface area contributed by atoms with Gasteiger partial charge in [-0.15, -0.1) is 24.0 Å². The minimum atomic E-state index is -0.441. The number of anilines is 1. The summed E-state index contributed by atoms with van der Waals surface area (Å²) in [6, 6.07) is 3.52. The lowest BCUT2D eigenvalue weighted by molar-refractivity contribution is -0.128. The van der Waals surface area contributed by atoms with Gasteiger partial charge in [-0.2, -0.15) is 0 Å². The highest BCUT2D eigenvalue weighted by molar-refractivity contribution is 14.0. The van der Waals surface area contributed by atoms with Crippen LogP contribution in [0.3, 0.4) is 0 Å². The summed E-state index contributed by atoms with van der Waals surface area (Å²) in [5.41, 5.74) is 0.292. The van der Waals surface area contributed by atoms with Crippen LogP contribution >= 0.6 is 24.0 Å². The third-order valence-electron chi connectivity index (χ3n) is 4.99. The number of amides is 1. The molecule has 1 N–H and O–H groups in total. The van der Waals surface area contributed by atoms with Crippen LogP contribution in [-0.2, 0) is 4.79 Å². The summed E-state index contributed by atoms with van der Waals surface area (Å²) in [5.74, 6) is -0.0985. The zero-order valence-corrected chi connectivity index (χ0v) is 18.5. The molecule has 9 heteroatoms. The second kappa shape index (κ2) is 10.8. The van der Waals surface area contributed by atoms with E-state index in [1.807, 2.05) is 16.7 Å². The van der Waals surface area contributed by atoms with Crippen LogP contribution in [0.4, 0.5) is 14.5 Å². The Balaban J connectivity index is 0.00000280. The van der Waals surface area contributed by atoms with E-state index in [0.29, 0.717) is 44.4 Å². The number of nitrogens with one attached hydrogen (secondary N) is 1. The molecule has 0 unspecified atom stereocenters. The van der Waals surface area contributed by atoms with Gasteiger partial charge in [0.15, 0.2) is 5.96 Å². The lowest BCUT2D eigenvalue weighted by Gasteiger charge is -2.37. The molecule has 0 aromatic heterocycles. The first-order valence-electron chi connectivity index (χ1n) is 9.59. The fourth-order valence-corrected chi connectivity index (χ4v) is 3.52. The van der Waals surface area contributed by atoms with Crippen LogP contribution in [0, 0.1) is 11.6 Å². The molecule has 2 heterocycles. The molecule has 6 nitrogen and oxygen atoms in total. The van der Waals surface area contributed by atoms with Gasteiger partial charge in [0.1, 0.15) is 18.2 Å². The fraction of sp³-hybridized carbons (Fsp3) is 0.579. The van der Waals surface area contributed by atoms with E-state index < -0.39 is 11.6 Å². The number of hydrogen-bond donors (Lipinski definition) is 1. The highest BCUT2D eigenvalue weighted by Gasteiger charge is 2.23. The van der Waals surface area contributed by atoms with E-state index in [1.165, 1.54) is 6.07 Å². The average molecular weight is 507 g/mol. The SMILES string of the molecule is CCNC(=NCC(=O)N1CCCC1)N1CCN(c2cc(F)ccc2F)CC1.I. The van der Waals surface area contributed by atoms with E-state index in [0.717, 1.165) is 38.1 Å². The van der Waals surface area contributed by atoms with Crippen LogP contribution < -0.4 is 10.2 Å². The van der Waals surface area contributed by atoms with E-state index in [1.54, 1.807) is 0 Å². The van der Waals surface area contributed by atoms with Gasteiger partial charge in [-0.25, -0.2) is 13.8 Å². The van der Waals surface area contributed by atoms with Crippen LogP contribution in [0.25, 0.3) is 0 Å². The van der Waals surface area contributed by atoms with Crippen molar-refractivity contribution in [3.05, 3.63) is 29.8 Å². The van der Waals surface area contributed by atoms with Gasteiger partial charge in [0.05, 0.1) is 5.69 Å². The molecule has 1 aromatic rings. The average Bonchev–Trinajstić information content (AvgIpc) is 3.22. The largest absolute Gasteiger partial charge is 0.366 e. The monoisotopic (exact) mass is 507 g/mol. The van der Waals surface area contributed by atoms with Gasteiger partial charge in [0.25, 0.3) is 0 Å². The summed E-state index contributed by atoms with van der Waals surface area (Å²) in [4.78, 5) is 22.5. The molecule has 0 spiro atoms. The summed E-state index contributed by atoms with van der Waals surface area (Å²) < 4.78 is 27.4. The van der Waals surface area contributed by atoms with Gasteiger partial charge >= 0.3 is 0 Å². The van der Waals surface area contributed by atoms with Crippen molar-refractivity contribution >= 4 is 41.5 Å². The second-order valence-corrected chi connectivity index (χ2v) is 6.83. The predicted octanol–water partition coefficient (Wildman–Crippen LogP) is 2.29. The highest BCUT2D eigenvalue weighted by atomic mass is 127. The number of nitrogens with zero attached hydrogens (tertiary/aromatic N) is 4. The number of guanidine groups is 1. The standard InChI is InChI=1S/C19H27F2N5O.HI/c1-2-22-19(23-14-18(27)25-7-3-4-8-25)26-11-9-24(10-12-26)17-13-15(20)5-6-16(17)21;/h5-6,13H,2-4,7-12,14H2,1H3,(H,22,23);1H. The van der Waals surface area contributed by atoms with Crippen LogP contribution in [0.5, 0.6) is 0 Å². The summed E-state index contributed by atoms with van der Waals surface area (Å²) in [5, 5.41) is 3.23. The van der Waals surface area contributed by atoms with E-state index >= 15 is 0 Å². The number of carbonyl (C=O) groups is 1. The Hall–Kier alpha value is -1.65. The quantitative estimate of drug-likeness (QED) is 0.386. The summed E-state index contributed by atoms with van der Waals surface area (Å²) in [7, 11) is 0. The van der Waals surface area contributed by atoms with E-state index in [2.05, 4.69) is 15.2 Å². The molecular weight excluding hydrogens is 479 g/mol. The molecule has 0 radical (unpaired) electrons. The van der Waals surface area contributed by atoms with E-state index in [9.17, 15) is 13.6 Å². The molecule has 1 amide bonds. The van der Waals surface area contributed by atoms with Crippen molar-refractivity contribution in [2.24, 2.45) is 4.99 Å². The Kier molecular flexibility index (Phi) is 8.71. The Morgan fingerprint density at radius 2 is 1.75 bits per heavy atom. The first-order chi connectivity index (χ1) is 13.1. The van der Waals surface area contributed by atoms with Crippen molar-refractivity contribution in [2.75, 3.05) is 57.3 Å². The number of halogens is 3. The number of likely N-dealkylation sites (tertiary alicyclic amines) is 1. The molecule has 2 aliphatic rings. The van der Waals surface area contributed by atoms with Crippen molar-refractivity contribution in [1.29, 1.82) is 0 Å². The van der Waals surface area contributed by atoms with Crippen molar-refractivity contribution in [2.45, 2.75) is 19.8 Å². The highest BCUT2D eigenvalue weighted by Crippen LogP contribution is 2.22. The smallest absolute Gasteiger partial charge is 0.244 e. The van der Waals surface area contributed by atoms with Crippen molar-refractivity contribution in [3.8, 4) is 0 Å². The minimum absolute atomic E-state index is 0. The lowest BCUT2D eigenvalue weighted by atomic mass is 10.2. The molecule has 3 rings (SSSR count). The molecule has 1 aromatic carbocycles. The van der Waals surface area contributed by atoms with Gasteiger partial charge in [-0.3, -0.25) is 4.79 Å². The third kappa shape index (κ3) is 5.68. The van der Waals surface area contributed by atoms with E-state index in [4.69, 9.17) is 0 Å². The molecule has 2 fully saturated rings. The van der Waals surface area contributed by atoms with Gasteiger partial charge in [-0.1, -0.05) is 0 Å². The third-order valence-corrected chi connectivity index (χ3v) is 4.99. The number of carbonyl (C=O) groups excluding carboxylic acids is 1. The van der Waals surface area contributed by atoms with Crippen LogP contribution in [0.2, 0.25) is 0 Å². The molecule has 0 bridgehead atoms. The molecule has 0 atom stereocenters. The van der Waals surface area contributed by atoms with E-state index in [-0.39, 0.29) is 36.4 Å². The molecule has 156 valence electrons. The second-order valence-electron chi connectivity index (χ2n) is 6.83. The summed E-state index contributed by atoms with van der Waals surface area (Å²) in [6.45, 7) is 6.84. The molecule has 0 aliphatic carbocycles. The van der Waals surface area contributed by atoms with Crippen molar-refractivity contribution in [3.63, 3.8) is 0 Å². The fourth-order valence-electron chi connectivity index (χ4n) is 3.52. The maximum Gasteiger partial charge on any atom is 0.244 e. The van der Waals surface area contributed by atoms with Crippen LogP contribution in [-0.4, -0.2) is 74.0 Å². The maximum absolute atomic E-state index is 14.0. The topological polar surface area (TPSA) is 51.2 Å². The van der Waals surface area contributed by atoms with Crippen LogP contribution in [0.15, 0.2) is 23.2 Å². The number of rotatable bonds is 4. The predicted molar refractivity (Wildman–Crippen MR) is 117 cm³/mol. The summed E-state index contributed by atoms with van der Waals surface area (Å²) in [6.07, 6.45) is 2.13. The Morgan fingerprint density at radius 1 is 1.07 bits per heavy atom.